The van der Waals surface area contributed by atoms with Gasteiger partial charge >= 0.3 is 0 Å². The van der Waals surface area contributed by atoms with Crippen LogP contribution in [0.25, 0.3) is 0 Å². The Labute approximate surface area is 124 Å². The SMILES string of the molecule is NC1(c2ccc3c(c2)OCCCO3)Cc2ccccc2C1. The highest BCUT2D eigenvalue weighted by Gasteiger charge is 2.35. The molecular weight excluding hydrogens is 262 g/mol. The topological polar surface area (TPSA) is 44.5 Å². The number of benzene rings is 2. The lowest BCUT2D eigenvalue weighted by Crippen LogP contribution is -2.37. The number of fused-ring (bicyclic) bond motifs is 2. The summed E-state index contributed by atoms with van der Waals surface area (Å²) in [6.07, 6.45) is 2.68. The second-order valence-electron chi connectivity index (χ2n) is 5.99. The fourth-order valence-electron chi connectivity index (χ4n) is 3.32. The highest BCUT2D eigenvalue weighted by atomic mass is 16.5. The molecule has 0 bridgehead atoms. The Hall–Kier alpha value is -2.00. The first-order valence-electron chi connectivity index (χ1n) is 7.50. The van der Waals surface area contributed by atoms with Crippen molar-refractivity contribution < 1.29 is 9.47 Å². The van der Waals surface area contributed by atoms with Gasteiger partial charge in [-0.1, -0.05) is 30.3 Å². The van der Waals surface area contributed by atoms with Crippen LogP contribution >= 0.6 is 0 Å². The number of rotatable bonds is 1. The minimum absolute atomic E-state index is 0.339. The maximum absolute atomic E-state index is 6.71. The van der Waals surface area contributed by atoms with Crippen LogP contribution in [0.4, 0.5) is 0 Å². The molecule has 0 amide bonds. The van der Waals surface area contributed by atoms with E-state index in [1.54, 1.807) is 0 Å². The van der Waals surface area contributed by atoms with Crippen molar-refractivity contribution in [3.05, 3.63) is 59.2 Å². The van der Waals surface area contributed by atoms with Crippen LogP contribution in [0.2, 0.25) is 0 Å². The quantitative estimate of drug-likeness (QED) is 0.874. The standard InChI is InChI=1S/C18H19NO2/c19-18(11-13-4-1-2-5-14(13)12-18)15-6-7-16-17(10-15)21-9-3-8-20-16/h1-2,4-7,10H,3,8-9,11-12,19H2. The van der Waals surface area contributed by atoms with Gasteiger partial charge in [0.2, 0.25) is 0 Å². The molecule has 0 radical (unpaired) electrons. The van der Waals surface area contributed by atoms with E-state index in [4.69, 9.17) is 15.2 Å². The molecule has 2 N–H and O–H groups in total. The molecule has 108 valence electrons. The maximum Gasteiger partial charge on any atom is 0.161 e. The van der Waals surface area contributed by atoms with Crippen LogP contribution in [0.1, 0.15) is 23.1 Å². The predicted molar refractivity (Wildman–Crippen MR) is 81.8 cm³/mol. The Kier molecular flexibility index (Phi) is 2.89. The van der Waals surface area contributed by atoms with Gasteiger partial charge in [-0.25, -0.2) is 0 Å². The minimum atomic E-state index is -0.339. The van der Waals surface area contributed by atoms with Gasteiger partial charge in [0.1, 0.15) is 0 Å². The Balaban J connectivity index is 1.70. The van der Waals surface area contributed by atoms with Crippen molar-refractivity contribution in [2.45, 2.75) is 24.8 Å². The van der Waals surface area contributed by atoms with E-state index >= 15 is 0 Å². The Morgan fingerprint density at radius 1 is 0.857 bits per heavy atom. The van der Waals surface area contributed by atoms with Crippen molar-refractivity contribution >= 4 is 0 Å². The van der Waals surface area contributed by atoms with Gasteiger partial charge in [-0.2, -0.15) is 0 Å². The number of hydrogen-bond donors (Lipinski definition) is 1. The van der Waals surface area contributed by atoms with E-state index in [1.807, 2.05) is 6.07 Å². The third kappa shape index (κ3) is 2.18. The third-order valence-corrected chi connectivity index (χ3v) is 4.45. The van der Waals surface area contributed by atoms with Crippen LogP contribution in [0.5, 0.6) is 11.5 Å². The molecule has 0 saturated carbocycles. The second-order valence-corrected chi connectivity index (χ2v) is 5.99. The van der Waals surface area contributed by atoms with E-state index in [9.17, 15) is 0 Å². The number of ether oxygens (including phenoxy) is 2. The van der Waals surface area contributed by atoms with Crippen molar-refractivity contribution in [3.8, 4) is 11.5 Å². The molecule has 3 heteroatoms. The van der Waals surface area contributed by atoms with Crippen LogP contribution in [-0.2, 0) is 18.4 Å². The monoisotopic (exact) mass is 281 g/mol. The summed E-state index contributed by atoms with van der Waals surface area (Å²) < 4.78 is 11.5. The average molecular weight is 281 g/mol. The van der Waals surface area contributed by atoms with Gasteiger partial charge in [-0.3, -0.25) is 0 Å². The van der Waals surface area contributed by atoms with Crippen molar-refractivity contribution in [1.82, 2.24) is 0 Å². The molecule has 2 aromatic carbocycles. The van der Waals surface area contributed by atoms with E-state index in [-0.39, 0.29) is 5.54 Å². The van der Waals surface area contributed by atoms with Crippen LogP contribution < -0.4 is 15.2 Å². The van der Waals surface area contributed by atoms with Crippen molar-refractivity contribution in [1.29, 1.82) is 0 Å². The average Bonchev–Trinajstić information content (AvgIpc) is 2.68. The van der Waals surface area contributed by atoms with Crippen LogP contribution in [0.3, 0.4) is 0 Å². The number of nitrogens with two attached hydrogens (primary N) is 1. The zero-order valence-corrected chi connectivity index (χ0v) is 12.0. The summed E-state index contributed by atoms with van der Waals surface area (Å²) >= 11 is 0. The second kappa shape index (κ2) is 4.78. The fourth-order valence-corrected chi connectivity index (χ4v) is 3.32. The van der Waals surface area contributed by atoms with Gasteiger partial charge in [0.15, 0.2) is 11.5 Å². The largest absolute Gasteiger partial charge is 0.490 e. The molecule has 1 aliphatic carbocycles. The Morgan fingerprint density at radius 3 is 2.24 bits per heavy atom. The lowest BCUT2D eigenvalue weighted by molar-refractivity contribution is 0.296. The summed E-state index contributed by atoms with van der Waals surface area (Å²) in [6.45, 7) is 1.42. The van der Waals surface area contributed by atoms with E-state index < -0.39 is 0 Å². The molecule has 0 aromatic heterocycles. The summed E-state index contributed by atoms with van der Waals surface area (Å²) in [7, 11) is 0. The van der Waals surface area contributed by atoms with Gasteiger partial charge in [-0.15, -0.1) is 0 Å². The molecular formula is C18H19NO2. The molecule has 2 aliphatic rings. The predicted octanol–water partition coefficient (Wildman–Crippen LogP) is 2.80. The first-order valence-corrected chi connectivity index (χ1v) is 7.50. The highest BCUT2D eigenvalue weighted by molar-refractivity contribution is 5.48. The number of hydrogen-bond acceptors (Lipinski definition) is 3. The van der Waals surface area contributed by atoms with Crippen LogP contribution in [-0.4, -0.2) is 13.2 Å². The maximum atomic E-state index is 6.71. The van der Waals surface area contributed by atoms with Gasteiger partial charge in [0.05, 0.1) is 13.2 Å². The lowest BCUT2D eigenvalue weighted by Gasteiger charge is -2.25. The molecule has 1 heterocycles. The molecule has 0 atom stereocenters. The van der Waals surface area contributed by atoms with E-state index in [0.29, 0.717) is 13.2 Å². The minimum Gasteiger partial charge on any atom is -0.490 e. The highest BCUT2D eigenvalue weighted by Crippen LogP contribution is 2.39. The summed E-state index contributed by atoms with van der Waals surface area (Å²) in [6, 6.07) is 14.6. The van der Waals surface area contributed by atoms with Gasteiger partial charge in [0, 0.05) is 12.0 Å². The Morgan fingerprint density at radius 2 is 1.52 bits per heavy atom. The normalized spacial score (nSPS) is 18.9. The van der Waals surface area contributed by atoms with Crippen molar-refractivity contribution in [3.63, 3.8) is 0 Å². The molecule has 3 nitrogen and oxygen atoms in total. The van der Waals surface area contributed by atoms with E-state index in [2.05, 4.69) is 36.4 Å². The van der Waals surface area contributed by atoms with E-state index in [1.165, 1.54) is 11.1 Å². The summed E-state index contributed by atoms with van der Waals surface area (Å²) in [5.74, 6) is 1.65. The fraction of sp³-hybridized carbons (Fsp3) is 0.333. The molecule has 0 spiro atoms. The van der Waals surface area contributed by atoms with Crippen molar-refractivity contribution in [2.75, 3.05) is 13.2 Å². The molecule has 0 fully saturated rings. The zero-order valence-electron chi connectivity index (χ0n) is 12.0. The smallest absolute Gasteiger partial charge is 0.161 e. The first-order chi connectivity index (χ1) is 10.2. The first kappa shape index (κ1) is 12.7. The summed E-state index contributed by atoms with van der Waals surface area (Å²) in [5.41, 5.74) is 10.2. The molecule has 4 rings (SSSR count). The van der Waals surface area contributed by atoms with Crippen molar-refractivity contribution in [2.24, 2.45) is 5.73 Å². The third-order valence-electron chi connectivity index (χ3n) is 4.45. The lowest BCUT2D eigenvalue weighted by atomic mass is 9.88. The Bertz CT molecular complexity index is 656. The van der Waals surface area contributed by atoms with Gasteiger partial charge in [0.25, 0.3) is 0 Å². The molecule has 0 unspecified atom stereocenters. The summed E-state index contributed by atoms with van der Waals surface area (Å²) in [4.78, 5) is 0. The molecule has 1 aliphatic heterocycles. The van der Waals surface area contributed by atoms with Gasteiger partial charge in [-0.05, 0) is 41.7 Å². The van der Waals surface area contributed by atoms with Gasteiger partial charge < -0.3 is 15.2 Å². The molecule has 0 saturated heterocycles. The van der Waals surface area contributed by atoms with Crippen LogP contribution in [0, 0.1) is 0 Å². The molecule has 2 aromatic rings. The zero-order chi connectivity index (χ0) is 14.3. The van der Waals surface area contributed by atoms with Crippen LogP contribution in [0.15, 0.2) is 42.5 Å². The van der Waals surface area contributed by atoms with E-state index in [0.717, 1.165) is 36.3 Å². The molecule has 21 heavy (non-hydrogen) atoms. The summed E-state index contributed by atoms with van der Waals surface area (Å²) in [5, 5.41) is 0.